The number of hydrogen-bond acceptors (Lipinski definition) is 1. The number of fused-ring (bicyclic) bond motifs is 4. The van der Waals surface area contributed by atoms with E-state index in [-0.39, 0.29) is 0 Å². The second kappa shape index (κ2) is 3.94. The summed E-state index contributed by atoms with van der Waals surface area (Å²) < 4.78 is 0. The van der Waals surface area contributed by atoms with E-state index in [1.165, 1.54) is 21.9 Å². The molecule has 1 unspecified atom stereocenters. The number of benzene rings is 3. The smallest absolute Gasteiger partial charge is 0.105 e. The third-order valence-corrected chi connectivity index (χ3v) is 4.09. The van der Waals surface area contributed by atoms with Gasteiger partial charge in [-0.05, 0) is 39.4 Å². The molecule has 92 valence electrons. The molecule has 0 amide bonds. The Morgan fingerprint density at radius 2 is 1.58 bits per heavy atom. The van der Waals surface area contributed by atoms with Crippen LogP contribution in [0.15, 0.2) is 60.7 Å². The standard InChI is InChI=1S/C18H14O/c19-18-15-8-4-2-6-13(15)11-17-14-7-3-1-5-12(14)9-10-16(17)18/h1-10,18-19H,11H2. The number of aliphatic hydroxyl groups excluding tert-OH is 1. The van der Waals surface area contributed by atoms with E-state index in [1.807, 2.05) is 18.2 Å². The molecule has 1 aliphatic carbocycles. The second-order valence-electron chi connectivity index (χ2n) is 5.13. The van der Waals surface area contributed by atoms with E-state index in [0.29, 0.717) is 0 Å². The largest absolute Gasteiger partial charge is 0.384 e. The second-order valence-corrected chi connectivity index (χ2v) is 5.13. The molecule has 1 nitrogen and oxygen atoms in total. The van der Waals surface area contributed by atoms with Crippen molar-refractivity contribution >= 4 is 10.8 Å². The molecule has 0 aliphatic heterocycles. The average molecular weight is 246 g/mol. The molecule has 0 aromatic heterocycles. The van der Waals surface area contributed by atoms with Crippen molar-refractivity contribution < 1.29 is 5.11 Å². The molecule has 3 aromatic carbocycles. The Balaban J connectivity index is 2.02. The lowest BCUT2D eigenvalue weighted by atomic mass is 9.82. The van der Waals surface area contributed by atoms with Crippen LogP contribution in [0.5, 0.6) is 0 Å². The van der Waals surface area contributed by atoms with Gasteiger partial charge in [0.1, 0.15) is 6.10 Å². The quantitative estimate of drug-likeness (QED) is 0.639. The molecule has 0 radical (unpaired) electrons. The highest BCUT2D eigenvalue weighted by Gasteiger charge is 2.24. The molecule has 3 aromatic rings. The van der Waals surface area contributed by atoms with Gasteiger partial charge < -0.3 is 5.11 Å². The zero-order valence-corrected chi connectivity index (χ0v) is 10.5. The Morgan fingerprint density at radius 1 is 0.789 bits per heavy atom. The van der Waals surface area contributed by atoms with Crippen LogP contribution in [0.25, 0.3) is 10.8 Å². The maximum atomic E-state index is 10.6. The number of hydrogen-bond donors (Lipinski definition) is 1. The van der Waals surface area contributed by atoms with Crippen molar-refractivity contribution in [1.82, 2.24) is 0 Å². The van der Waals surface area contributed by atoms with Crippen molar-refractivity contribution in [2.45, 2.75) is 12.5 Å². The van der Waals surface area contributed by atoms with Crippen LogP contribution in [0.2, 0.25) is 0 Å². The van der Waals surface area contributed by atoms with Crippen molar-refractivity contribution in [2.24, 2.45) is 0 Å². The summed E-state index contributed by atoms with van der Waals surface area (Å²) in [6, 6.07) is 20.7. The van der Waals surface area contributed by atoms with Gasteiger partial charge in [-0.2, -0.15) is 0 Å². The van der Waals surface area contributed by atoms with Crippen LogP contribution >= 0.6 is 0 Å². The van der Waals surface area contributed by atoms with Gasteiger partial charge in [0.05, 0.1) is 0 Å². The van der Waals surface area contributed by atoms with Gasteiger partial charge in [0.2, 0.25) is 0 Å². The molecular weight excluding hydrogens is 232 g/mol. The summed E-state index contributed by atoms with van der Waals surface area (Å²) in [6.45, 7) is 0. The number of rotatable bonds is 0. The molecule has 1 N–H and O–H groups in total. The van der Waals surface area contributed by atoms with Crippen LogP contribution in [-0.4, -0.2) is 5.11 Å². The third kappa shape index (κ3) is 1.52. The Labute approximate surface area is 112 Å². The van der Waals surface area contributed by atoms with E-state index in [4.69, 9.17) is 0 Å². The normalized spacial score (nSPS) is 17.0. The van der Waals surface area contributed by atoms with Crippen LogP contribution in [0, 0.1) is 0 Å². The Morgan fingerprint density at radius 3 is 2.53 bits per heavy atom. The zero-order chi connectivity index (χ0) is 12.8. The first-order chi connectivity index (χ1) is 9.34. The highest BCUT2D eigenvalue weighted by molar-refractivity contribution is 5.87. The third-order valence-electron chi connectivity index (χ3n) is 4.09. The Bertz CT molecular complexity index is 773. The van der Waals surface area contributed by atoms with E-state index in [2.05, 4.69) is 42.5 Å². The fraction of sp³-hybridized carbons (Fsp3) is 0.111. The molecule has 19 heavy (non-hydrogen) atoms. The average Bonchev–Trinajstić information content (AvgIpc) is 2.47. The van der Waals surface area contributed by atoms with E-state index in [1.54, 1.807) is 0 Å². The topological polar surface area (TPSA) is 20.2 Å². The van der Waals surface area contributed by atoms with Gasteiger partial charge >= 0.3 is 0 Å². The van der Waals surface area contributed by atoms with Crippen molar-refractivity contribution in [3.63, 3.8) is 0 Å². The lowest BCUT2D eigenvalue weighted by Gasteiger charge is -2.26. The molecule has 0 heterocycles. The lowest BCUT2D eigenvalue weighted by molar-refractivity contribution is 0.216. The summed E-state index contributed by atoms with van der Waals surface area (Å²) in [5.41, 5.74) is 4.60. The van der Waals surface area contributed by atoms with Crippen LogP contribution < -0.4 is 0 Å². The van der Waals surface area contributed by atoms with E-state index < -0.39 is 6.10 Å². The first-order valence-electron chi connectivity index (χ1n) is 6.61. The molecule has 0 spiro atoms. The summed E-state index contributed by atoms with van der Waals surface area (Å²) in [7, 11) is 0. The van der Waals surface area contributed by atoms with Crippen LogP contribution in [0.4, 0.5) is 0 Å². The molecular formula is C18H14O. The minimum Gasteiger partial charge on any atom is -0.384 e. The van der Waals surface area contributed by atoms with Gasteiger partial charge in [-0.3, -0.25) is 0 Å². The fourth-order valence-corrected chi connectivity index (χ4v) is 3.13. The summed E-state index contributed by atoms with van der Waals surface area (Å²) in [5.74, 6) is 0. The molecule has 1 heteroatoms. The van der Waals surface area contributed by atoms with Gasteiger partial charge in [0.15, 0.2) is 0 Å². The van der Waals surface area contributed by atoms with E-state index in [9.17, 15) is 5.11 Å². The van der Waals surface area contributed by atoms with Crippen molar-refractivity contribution in [3.8, 4) is 0 Å². The molecule has 0 fully saturated rings. The monoisotopic (exact) mass is 246 g/mol. The molecule has 4 rings (SSSR count). The van der Waals surface area contributed by atoms with Gasteiger partial charge in [-0.1, -0.05) is 60.7 Å². The first kappa shape index (κ1) is 10.8. The number of aliphatic hydroxyl groups is 1. The Hall–Kier alpha value is -2.12. The minimum atomic E-state index is -0.496. The molecule has 0 saturated heterocycles. The summed E-state index contributed by atoms with van der Waals surface area (Å²) in [5, 5.41) is 13.1. The van der Waals surface area contributed by atoms with Gasteiger partial charge in [0.25, 0.3) is 0 Å². The molecule has 1 atom stereocenters. The maximum Gasteiger partial charge on any atom is 0.105 e. The van der Waals surface area contributed by atoms with E-state index in [0.717, 1.165) is 17.5 Å². The molecule has 1 aliphatic rings. The van der Waals surface area contributed by atoms with Crippen molar-refractivity contribution in [2.75, 3.05) is 0 Å². The van der Waals surface area contributed by atoms with Gasteiger partial charge in [-0.15, -0.1) is 0 Å². The maximum absolute atomic E-state index is 10.6. The summed E-state index contributed by atoms with van der Waals surface area (Å²) >= 11 is 0. The molecule has 0 saturated carbocycles. The molecule has 0 bridgehead atoms. The SMILES string of the molecule is OC1c2ccccc2Cc2c1ccc1ccccc21. The predicted molar refractivity (Wildman–Crippen MR) is 77.3 cm³/mol. The highest BCUT2D eigenvalue weighted by atomic mass is 16.3. The predicted octanol–water partition coefficient (Wildman–Crippen LogP) is 3.83. The van der Waals surface area contributed by atoms with Gasteiger partial charge in [-0.25, -0.2) is 0 Å². The van der Waals surface area contributed by atoms with Crippen LogP contribution in [-0.2, 0) is 6.42 Å². The summed E-state index contributed by atoms with van der Waals surface area (Å²) in [4.78, 5) is 0. The minimum absolute atomic E-state index is 0.496. The lowest BCUT2D eigenvalue weighted by Crippen LogP contribution is -2.13. The zero-order valence-electron chi connectivity index (χ0n) is 10.5. The van der Waals surface area contributed by atoms with Crippen molar-refractivity contribution in [1.29, 1.82) is 0 Å². The van der Waals surface area contributed by atoms with Crippen molar-refractivity contribution in [3.05, 3.63) is 82.9 Å². The Kier molecular flexibility index (Phi) is 2.23. The summed E-state index contributed by atoms with van der Waals surface area (Å²) in [6.07, 6.45) is 0.411. The van der Waals surface area contributed by atoms with Crippen LogP contribution in [0.1, 0.15) is 28.4 Å². The highest BCUT2D eigenvalue weighted by Crippen LogP contribution is 2.38. The van der Waals surface area contributed by atoms with Gasteiger partial charge in [0, 0.05) is 0 Å². The van der Waals surface area contributed by atoms with Crippen LogP contribution in [0.3, 0.4) is 0 Å². The van der Waals surface area contributed by atoms with E-state index >= 15 is 0 Å². The fourth-order valence-electron chi connectivity index (χ4n) is 3.13. The first-order valence-corrected chi connectivity index (χ1v) is 6.61.